The van der Waals surface area contributed by atoms with E-state index in [0.717, 1.165) is 38.8 Å². The second-order valence-electron chi connectivity index (χ2n) is 6.11. The molecule has 2 nitrogen and oxygen atoms in total. The minimum Gasteiger partial charge on any atom is -0.342 e. The minimum absolute atomic E-state index is 0.232. The number of likely N-dealkylation sites (tertiary alicyclic amines) is 1. The van der Waals surface area contributed by atoms with E-state index in [4.69, 9.17) is 0 Å². The third-order valence-corrected chi connectivity index (χ3v) is 4.75. The van der Waals surface area contributed by atoms with E-state index in [1.807, 2.05) is 0 Å². The third kappa shape index (κ3) is 2.65. The lowest BCUT2D eigenvalue weighted by atomic mass is 9.92. The lowest BCUT2D eigenvalue weighted by Gasteiger charge is -2.24. The Morgan fingerprint density at radius 1 is 1.20 bits per heavy atom. The molecule has 1 fully saturated rings. The number of hydrogen-bond acceptors (Lipinski definition) is 1. The molecule has 2 heteroatoms. The van der Waals surface area contributed by atoms with E-state index in [0.29, 0.717) is 11.8 Å². The molecule has 1 aliphatic carbocycles. The second-order valence-corrected chi connectivity index (χ2v) is 6.11. The fourth-order valence-corrected chi connectivity index (χ4v) is 3.54. The fourth-order valence-electron chi connectivity index (χ4n) is 3.54. The van der Waals surface area contributed by atoms with Gasteiger partial charge in [-0.1, -0.05) is 36.4 Å². The van der Waals surface area contributed by atoms with Gasteiger partial charge < -0.3 is 4.90 Å². The van der Waals surface area contributed by atoms with Gasteiger partial charge >= 0.3 is 0 Å². The number of benzene rings is 1. The Balaban J connectivity index is 1.66. The number of carbonyl (C=O) groups excluding carboxylic acids is 1. The SMILES string of the molecule is Cc1ccccc1[C@@H]1CCN(C(=O)[C@@H]2CC=CCC2)C1. The Labute approximate surface area is 121 Å². The van der Waals surface area contributed by atoms with Crippen LogP contribution in [-0.2, 0) is 4.79 Å². The van der Waals surface area contributed by atoms with Crippen molar-refractivity contribution >= 4 is 5.91 Å². The molecule has 1 saturated heterocycles. The Kier molecular flexibility index (Phi) is 3.90. The van der Waals surface area contributed by atoms with Crippen LogP contribution in [0.25, 0.3) is 0 Å². The standard InChI is InChI=1S/C18H23NO/c1-14-7-5-6-10-17(14)16-11-12-19(13-16)18(20)15-8-3-2-4-9-15/h2-3,5-7,10,15-16H,4,8-9,11-13H2,1H3/t15-,16-/m1/s1. The molecule has 1 aliphatic heterocycles. The van der Waals surface area contributed by atoms with E-state index >= 15 is 0 Å². The van der Waals surface area contributed by atoms with E-state index < -0.39 is 0 Å². The van der Waals surface area contributed by atoms with E-state index in [1.54, 1.807) is 0 Å². The van der Waals surface area contributed by atoms with E-state index in [2.05, 4.69) is 48.2 Å². The van der Waals surface area contributed by atoms with Crippen molar-refractivity contribution in [2.24, 2.45) is 5.92 Å². The molecule has 0 aromatic heterocycles. The molecular weight excluding hydrogens is 246 g/mol. The molecule has 106 valence electrons. The van der Waals surface area contributed by atoms with Crippen LogP contribution in [0.1, 0.15) is 42.7 Å². The number of amides is 1. The van der Waals surface area contributed by atoms with Crippen LogP contribution in [0, 0.1) is 12.8 Å². The monoisotopic (exact) mass is 269 g/mol. The van der Waals surface area contributed by atoms with Gasteiger partial charge in [0, 0.05) is 24.9 Å². The normalized spacial score (nSPS) is 25.9. The zero-order valence-corrected chi connectivity index (χ0v) is 12.2. The number of nitrogens with zero attached hydrogens (tertiary/aromatic N) is 1. The Bertz CT molecular complexity index is 520. The van der Waals surface area contributed by atoms with E-state index in [1.165, 1.54) is 11.1 Å². The number of rotatable bonds is 2. The van der Waals surface area contributed by atoms with Gasteiger partial charge in [0.15, 0.2) is 0 Å². The number of hydrogen-bond donors (Lipinski definition) is 0. The maximum atomic E-state index is 12.6. The Morgan fingerprint density at radius 3 is 2.80 bits per heavy atom. The van der Waals surface area contributed by atoms with Crippen molar-refractivity contribution in [2.75, 3.05) is 13.1 Å². The molecule has 0 unspecified atom stereocenters. The lowest BCUT2D eigenvalue weighted by Crippen LogP contribution is -2.34. The highest BCUT2D eigenvalue weighted by atomic mass is 16.2. The predicted octanol–water partition coefficient (Wildman–Crippen LogP) is 3.67. The average Bonchev–Trinajstić information content (AvgIpc) is 2.97. The first-order valence-corrected chi connectivity index (χ1v) is 7.75. The number of aryl methyl sites for hydroxylation is 1. The summed E-state index contributed by atoms with van der Waals surface area (Å²) in [5, 5.41) is 0. The Morgan fingerprint density at radius 2 is 2.05 bits per heavy atom. The maximum Gasteiger partial charge on any atom is 0.226 e. The van der Waals surface area contributed by atoms with Gasteiger partial charge in [0.05, 0.1) is 0 Å². The van der Waals surface area contributed by atoms with Crippen LogP contribution in [-0.4, -0.2) is 23.9 Å². The highest BCUT2D eigenvalue weighted by Crippen LogP contribution is 2.31. The van der Waals surface area contributed by atoms with Crippen LogP contribution < -0.4 is 0 Å². The largest absolute Gasteiger partial charge is 0.342 e. The van der Waals surface area contributed by atoms with E-state index in [-0.39, 0.29) is 5.92 Å². The van der Waals surface area contributed by atoms with Crippen LogP contribution in [0.2, 0.25) is 0 Å². The smallest absolute Gasteiger partial charge is 0.226 e. The minimum atomic E-state index is 0.232. The zero-order chi connectivity index (χ0) is 13.9. The fraction of sp³-hybridized carbons (Fsp3) is 0.500. The molecule has 0 bridgehead atoms. The lowest BCUT2D eigenvalue weighted by molar-refractivity contribution is -0.134. The summed E-state index contributed by atoms with van der Waals surface area (Å²) in [6.45, 7) is 4.01. The molecule has 0 saturated carbocycles. The van der Waals surface area contributed by atoms with Gasteiger partial charge in [-0.05, 0) is 43.7 Å². The molecule has 3 rings (SSSR count). The van der Waals surface area contributed by atoms with Gasteiger partial charge in [-0.15, -0.1) is 0 Å². The van der Waals surface area contributed by atoms with Crippen molar-refractivity contribution in [1.29, 1.82) is 0 Å². The van der Waals surface area contributed by atoms with Crippen LogP contribution >= 0.6 is 0 Å². The highest BCUT2D eigenvalue weighted by molar-refractivity contribution is 5.79. The van der Waals surface area contributed by atoms with Crippen molar-refractivity contribution in [3.8, 4) is 0 Å². The molecule has 0 N–H and O–H groups in total. The zero-order valence-electron chi connectivity index (χ0n) is 12.2. The molecule has 2 aliphatic rings. The maximum absolute atomic E-state index is 12.6. The van der Waals surface area contributed by atoms with Crippen LogP contribution in [0.15, 0.2) is 36.4 Å². The average molecular weight is 269 g/mol. The first kappa shape index (κ1) is 13.4. The summed E-state index contributed by atoms with van der Waals surface area (Å²) >= 11 is 0. The van der Waals surface area contributed by atoms with Gasteiger partial charge in [-0.2, -0.15) is 0 Å². The Hall–Kier alpha value is -1.57. The highest BCUT2D eigenvalue weighted by Gasteiger charge is 2.31. The van der Waals surface area contributed by atoms with Crippen molar-refractivity contribution in [3.05, 3.63) is 47.5 Å². The topological polar surface area (TPSA) is 20.3 Å². The summed E-state index contributed by atoms with van der Waals surface area (Å²) in [6, 6.07) is 8.59. The molecule has 1 aromatic carbocycles. The van der Waals surface area contributed by atoms with Crippen molar-refractivity contribution in [3.63, 3.8) is 0 Å². The summed E-state index contributed by atoms with van der Waals surface area (Å²) < 4.78 is 0. The first-order valence-electron chi connectivity index (χ1n) is 7.75. The quantitative estimate of drug-likeness (QED) is 0.750. The molecule has 2 atom stereocenters. The van der Waals surface area contributed by atoms with Crippen LogP contribution in [0.5, 0.6) is 0 Å². The third-order valence-electron chi connectivity index (χ3n) is 4.75. The van der Waals surface area contributed by atoms with Gasteiger partial charge in [0.1, 0.15) is 0 Å². The van der Waals surface area contributed by atoms with Crippen molar-refractivity contribution in [1.82, 2.24) is 4.90 Å². The molecule has 1 amide bonds. The van der Waals surface area contributed by atoms with Gasteiger partial charge in [0.25, 0.3) is 0 Å². The molecule has 1 heterocycles. The van der Waals surface area contributed by atoms with E-state index in [9.17, 15) is 4.79 Å². The summed E-state index contributed by atoms with van der Waals surface area (Å²) in [5.41, 5.74) is 2.78. The molecular formula is C18H23NO. The van der Waals surface area contributed by atoms with Crippen LogP contribution in [0.3, 0.4) is 0 Å². The van der Waals surface area contributed by atoms with Crippen LogP contribution in [0.4, 0.5) is 0 Å². The number of carbonyl (C=O) groups is 1. The summed E-state index contributed by atoms with van der Waals surface area (Å²) in [4.78, 5) is 14.7. The second kappa shape index (κ2) is 5.82. The summed E-state index contributed by atoms with van der Waals surface area (Å²) in [6.07, 6.45) is 8.50. The number of allylic oxidation sites excluding steroid dienone is 2. The first-order chi connectivity index (χ1) is 9.75. The molecule has 0 spiro atoms. The van der Waals surface area contributed by atoms with Crippen molar-refractivity contribution in [2.45, 2.75) is 38.5 Å². The predicted molar refractivity (Wildman–Crippen MR) is 81.6 cm³/mol. The summed E-state index contributed by atoms with van der Waals surface area (Å²) in [5.74, 6) is 1.14. The van der Waals surface area contributed by atoms with Gasteiger partial charge in [0.2, 0.25) is 5.91 Å². The van der Waals surface area contributed by atoms with Crippen molar-refractivity contribution < 1.29 is 4.79 Å². The molecule has 0 radical (unpaired) electrons. The molecule has 1 aromatic rings. The summed E-state index contributed by atoms with van der Waals surface area (Å²) in [7, 11) is 0. The molecule has 20 heavy (non-hydrogen) atoms. The van der Waals surface area contributed by atoms with Gasteiger partial charge in [-0.3, -0.25) is 4.79 Å². The van der Waals surface area contributed by atoms with Gasteiger partial charge in [-0.25, -0.2) is 0 Å².